The van der Waals surface area contributed by atoms with E-state index >= 15 is 0 Å². The van der Waals surface area contributed by atoms with E-state index in [4.69, 9.17) is 0 Å². The van der Waals surface area contributed by atoms with Crippen molar-refractivity contribution in [2.75, 3.05) is 19.6 Å². The molecule has 1 saturated heterocycles. The van der Waals surface area contributed by atoms with Gasteiger partial charge < -0.3 is 5.11 Å². The maximum Gasteiger partial charge on any atom is 0.148 e. The standard InChI is InChI=1S/C12H15NO2/c14-11-6-7-13(8-11)9-12(15)10-4-2-1-3-5-10/h1-5,12,15H,6-9H2/t12-/m0/s1. The molecular formula is C12H15NO2. The maximum atomic E-state index is 11.0. The molecule has 15 heavy (non-hydrogen) atoms. The average Bonchev–Trinajstić information content (AvgIpc) is 2.65. The lowest BCUT2D eigenvalue weighted by Crippen LogP contribution is -2.26. The number of β-amino-alcohol motifs (C(OH)–C–C–N with tert-alkyl or cyclic N) is 1. The van der Waals surface area contributed by atoms with Gasteiger partial charge in [-0.3, -0.25) is 9.69 Å². The van der Waals surface area contributed by atoms with Crippen molar-refractivity contribution < 1.29 is 9.90 Å². The van der Waals surface area contributed by atoms with Crippen molar-refractivity contribution >= 4 is 5.78 Å². The fourth-order valence-electron chi connectivity index (χ4n) is 1.87. The van der Waals surface area contributed by atoms with Crippen LogP contribution in [0.15, 0.2) is 30.3 Å². The van der Waals surface area contributed by atoms with Gasteiger partial charge in [0.25, 0.3) is 0 Å². The van der Waals surface area contributed by atoms with Crippen LogP contribution in [-0.2, 0) is 4.79 Å². The highest BCUT2D eigenvalue weighted by Crippen LogP contribution is 2.15. The van der Waals surface area contributed by atoms with Crippen LogP contribution in [0, 0.1) is 0 Å². The summed E-state index contributed by atoms with van der Waals surface area (Å²) in [6, 6.07) is 9.56. The van der Waals surface area contributed by atoms with Crippen molar-refractivity contribution in [3.05, 3.63) is 35.9 Å². The number of aliphatic hydroxyl groups is 1. The third kappa shape index (κ3) is 2.64. The largest absolute Gasteiger partial charge is 0.387 e. The Balaban J connectivity index is 1.92. The van der Waals surface area contributed by atoms with Crippen LogP contribution in [0.2, 0.25) is 0 Å². The molecule has 1 aromatic rings. The highest BCUT2D eigenvalue weighted by molar-refractivity contribution is 5.82. The topological polar surface area (TPSA) is 40.5 Å². The molecule has 2 rings (SSSR count). The highest BCUT2D eigenvalue weighted by atomic mass is 16.3. The summed E-state index contributed by atoms with van der Waals surface area (Å²) >= 11 is 0. The van der Waals surface area contributed by atoms with E-state index in [1.807, 2.05) is 35.2 Å². The summed E-state index contributed by atoms with van der Waals surface area (Å²) in [7, 11) is 0. The van der Waals surface area contributed by atoms with Gasteiger partial charge in [0.1, 0.15) is 5.78 Å². The predicted molar refractivity (Wildman–Crippen MR) is 57.5 cm³/mol. The minimum absolute atomic E-state index is 0.273. The van der Waals surface area contributed by atoms with Crippen molar-refractivity contribution in [3.8, 4) is 0 Å². The van der Waals surface area contributed by atoms with Gasteiger partial charge in [-0.25, -0.2) is 0 Å². The fourth-order valence-corrected chi connectivity index (χ4v) is 1.87. The lowest BCUT2D eigenvalue weighted by molar-refractivity contribution is -0.117. The van der Waals surface area contributed by atoms with E-state index in [9.17, 15) is 9.90 Å². The lowest BCUT2D eigenvalue weighted by Gasteiger charge is -2.18. The van der Waals surface area contributed by atoms with Gasteiger partial charge in [-0.1, -0.05) is 30.3 Å². The van der Waals surface area contributed by atoms with Gasteiger partial charge in [-0.05, 0) is 5.56 Å². The first-order valence-electron chi connectivity index (χ1n) is 5.23. The Hall–Kier alpha value is -1.19. The molecule has 0 bridgehead atoms. The zero-order chi connectivity index (χ0) is 10.7. The van der Waals surface area contributed by atoms with Gasteiger partial charge in [-0.15, -0.1) is 0 Å². The first-order valence-corrected chi connectivity index (χ1v) is 5.23. The van der Waals surface area contributed by atoms with E-state index in [1.165, 1.54) is 0 Å². The molecular weight excluding hydrogens is 190 g/mol. The number of carbonyl (C=O) groups excluding carboxylic acids is 1. The molecule has 3 nitrogen and oxygen atoms in total. The SMILES string of the molecule is O=C1CCN(C[C@H](O)c2ccccc2)C1. The molecule has 3 heteroatoms. The summed E-state index contributed by atoms with van der Waals surface area (Å²) in [5, 5.41) is 9.91. The van der Waals surface area contributed by atoms with Gasteiger partial charge in [0.2, 0.25) is 0 Å². The molecule has 1 N–H and O–H groups in total. The molecule has 0 aromatic heterocycles. The van der Waals surface area contributed by atoms with Crippen LogP contribution >= 0.6 is 0 Å². The number of rotatable bonds is 3. The van der Waals surface area contributed by atoms with Crippen molar-refractivity contribution in [3.63, 3.8) is 0 Å². The number of nitrogens with zero attached hydrogens (tertiary/aromatic N) is 1. The Kier molecular flexibility index (Phi) is 3.14. The van der Waals surface area contributed by atoms with Gasteiger partial charge in [0.05, 0.1) is 12.6 Å². The Morgan fingerprint density at radius 1 is 1.33 bits per heavy atom. The van der Waals surface area contributed by atoms with Crippen LogP contribution in [0.1, 0.15) is 18.1 Å². The van der Waals surface area contributed by atoms with Gasteiger partial charge in [-0.2, -0.15) is 0 Å². The smallest absolute Gasteiger partial charge is 0.148 e. The summed E-state index contributed by atoms with van der Waals surface area (Å²) in [6.45, 7) is 1.82. The zero-order valence-corrected chi connectivity index (χ0v) is 8.60. The Bertz CT molecular complexity index is 337. The quantitative estimate of drug-likeness (QED) is 0.800. The number of Topliss-reactive ketones (excluding diaryl/α,β-unsaturated/α-hetero) is 1. The second-order valence-electron chi connectivity index (χ2n) is 3.95. The molecule has 1 aromatic carbocycles. The van der Waals surface area contributed by atoms with E-state index < -0.39 is 6.10 Å². The van der Waals surface area contributed by atoms with Gasteiger partial charge >= 0.3 is 0 Å². The summed E-state index contributed by atoms with van der Waals surface area (Å²) < 4.78 is 0. The van der Waals surface area contributed by atoms with Gasteiger partial charge in [0, 0.05) is 19.5 Å². The Labute approximate surface area is 89.3 Å². The number of benzene rings is 1. The summed E-state index contributed by atoms with van der Waals surface area (Å²) in [5.74, 6) is 0.273. The van der Waals surface area contributed by atoms with Crippen LogP contribution < -0.4 is 0 Å². The molecule has 1 fully saturated rings. The second-order valence-corrected chi connectivity index (χ2v) is 3.95. The predicted octanol–water partition coefficient (Wildman–Crippen LogP) is 0.995. The molecule has 0 amide bonds. The van der Waals surface area contributed by atoms with Crippen LogP contribution in [-0.4, -0.2) is 35.4 Å². The molecule has 1 heterocycles. The summed E-state index contributed by atoms with van der Waals surface area (Å²) in [4.78, 5) is 13.0. The summed E-state index contributed by atoms with van der Waals surface area (Å²) in [5.41, 5.74) is 0.914. The van der Waals surface area contributed by atoms with Crippen molar-refractivity contribution in [2.24, 2.45) is 0 Å². The average molecular weight is 205 g/mol. The van der Waals surface area contributed by atoms with Crippen LogP contribution in [0.3, 0.4) is 0 Å². The Morgan fingerprint density at radius 3 is 2.67 bits per heavy atom. The van der Waals surface area contributed by atoms with Crippen molar-refractivity contribution in [1.29, 1.82) is 0 Å². The van der Waals surface area contributed by atoms with Gasteiger partial charge in [0.15, 0.2) is 0 Å². The maximum absolute atomic E-state index is 11.0. The molecule has 0 unspecified atom stereocenters. The van der Waals surface area contributed by atoms with E-state index in [0.717, 1.165) is 12.1 Å². The monoisotopic (exact) mass is 205 g/mol. The van der Waals surface area contributed by atoms with Crippen LogP contribution in [0.25, 0.3) is 0 Å². The first kappa shape index (κ1) is 10.3. The fraction of sp³-hybridized carbons (Fsp3) is 0.417. The van der Waals surface area contributed by atoms with E-state index in [0.29, 0.717) is 19.5 Å². The first-order chi connectivity index (χ1) is 7.25. The Morgan fingerprint density at radius 2 is 2.07 bits per heavy atom. The highest BCUT2D eigenvalue weighted by Gasteiger charge is 2.21. The normalized spacial score (nSPS) is 19.4. The molecule has 0 spiro atoms. The second kappa shape index (κ2) is 4.55. The van der Waals surface area contributed by atoms with Crippen LogP contribution in [0.4, 0.5) is 0 Å². The lowest BCUT2D eigenvalue weighted by atomic mass is 10.1. The molecule has 1 aliphatic rings. The van der Waals surface area contributed by atoms with E-state index in [2.05, 4.69) is 0 Å². The number of hydrogen-bond acceptors (Lipinski definition) is 3. The van der Waals surface area contributed by atoms with Crippen molar-refractivity contribution in [1.82, 2.24) is 4.90 Å². The van der Waals surface area contributed by atoms with Crippen LogP contribution in [0.5, 0.6) is 0 Å². The number of hydrogen-bond donors (Lipinski definition) is 1. The number of aliphatic hydroxyl groups excluding tert-OH is 1. The van der Waals surface area contributed by atoms with E-state index in [-0.39, 0.29) is 5.78 Å². The number of carbonyl (C=O) groups is 1. The molecule has 0 radical (unpaired) electrons. The molecule has 1 aliphatic heterocycles. The third-order valence-corrected chi connectivity index (χ3v) is 2.72. The van der Waals surface area contributed by atoms with Crippen molar-refractivity contribution in [2.45, 2.75) is 12.5 Å². The number of ketones is 1. The third-order valence-electron chi connectivity index (χ3n) is 2.72. The zero-order valence-electron chi connectivity index (χ0n) is 8.60. The molecule has 0 aliphatic carbocycles. The minimum Gasteiger partial charge on any atom is -0.387 e. The molecule has 1 atom stereocenters. The summed E-state index contributed by atoms with van der Waals surface area (Å²) in [6.07, 6.45) is 0.138. The molecule has 0 saturated carbocycles. The molecule has 80 valence electrons. The minimum atomic E-state index is -0.489. The van der Waals surface area contributed by atoms with E-state index in [1.54, 1.807) is 0 Å². The number of likely N-dealkylation sites (tertiary alicyclic amines) is 1.